The number of nitrogens with one attached hydrogen (secondary N) is 1. The number of aromatic nitrogens is 1. The van der Waals surface area contributed by atoms with Crippen molar-refractivity contribution in [3.8, 4) is 0 Å². The van der Waals surface area contributed by atoms with E-state index in [0.717, 1.165) is 28.8 Å². The van der Waals surface area contributed by atoms with Crippen LogP contribution in [-0.2, 0) is 13.1 Å². The molecule has 1 aromatic heterocycles. The second-order valence-electron chi connectivity index (χ2n) is 3.62. The van der Waals surface area contributed by atoms with Gasteiger partial charge in [-0.3, -0.25) is 0 Å². The number of rotatable bonds is 4. The first kappa shape index (κ1) is 11.6. The molecule has 0 saturated carbocycles. The minimum absolute atomic E-state index is 0.782. The van der Waals surface area contributed by atoms with Crippen molar-refractivity contribution in [2.45, 2.75) is 20.0 Å². The summed E-state index contributed by atoms with van der Waals surface area (Å²) >= 11 is 7.59. The van der Waals surface area contributed by atoms with Gasteiger partial charge in [0.1, 0.15) is 5.01 Å². The van der Waals surface area contributed by atoms with Crippen molar-refractivity contribution < 1.29 is 0 Å². The average molecular weight is 253 g/mol. The first-order chi connectivity index (χ1) is 7.74. The van der Waals surface area contributed by atoms with E-state index < -0.39 is 0 Å². The first-order valence-corrected chi connectivity index (χ1v) is 6.36. The molecule has 84 valence electrons. The molecule has 4 heteroatoms. The van der Waals surface area contributed by atoms with E-state index in [1.165, 1.54) is 5.56 Å². The van der Waals surface area contributed by atoms with Gasteiger partial charge in [-0.1, -0.05) is 23.7 Å². The van der Waals surface area contributed by atoms with E-state index in [1.807, 2.05) is 25.1 Å². The lowest BCUT2D eigenvalue weighted by atomic mass is 10.2. The first-order valence-electron chi connectivity index (χ1n) is 5.10. The van der Waals surface area contributed by atoms with Gasteiger partial charge < -0.3 is 5.32 Å². The molecule has 0 atom stereocenters. The zero-order chi connectivity index (χ0) is 11.4. The molecule has 1 aromatic carbocycles. The van der Waals surface area contributed by atoms with Crippen molar-refractivity contribution in [1.29, 1.82) is 0 Å². The normalized spacial score (nSPS) is 10.6. The molecule has 0 bridgehead atoms. The van der Waals surface area contributed by atoms with Gasteiger partial charge in [-0.05, 0) is 24.6 Å². The number of thiazole rings is 1. The van der Waals surface area contributed by atoms with Crippen molar-refractivity contribution in [2.75, 3.05) is 0 Å². The van der Waals surface area contributed by atoms with Crippen LogP contribution < -0.4 is 5.32 Å². The van der Waals surface area contributed by atoms with E-state index in [9.17, 15) is 0 Å². The Kier molecular flexibility index (Phi) is 3.93. The molecule has 0 saturated heterocycles. The molecule has 0 fully saturated rings. The fourth-order valence-corrected chi connectivity index (χ4v) is 2.40. The van der Waals surface area contributed by atoms with Crippen molar-refractivity contribution in [2.24, 2.45) is 0 Å². The van der Waals surface area contributed by atoms with E-state index in [-0.39, 0.29) is 0 Å². The van der Waals surface area contributed by atoms with E-state index in [2.05, 4.69) is 21.7 Å². The third-order valence-corrected chi connectivity index (χ3v) is 3.36. The average Bonchev–Trinajstić information content (AvgIpc) is 2.64. The molecule has 16 heavy (non-hydrogen) atoms. The van der Waals surface area contributed by atoms with Crippen LogP contribution in [0.2, 0.25) is 5.02 Å². The van der Waals surface area contributed by atoms with Crippen LogP contribution in [-0.4, -0.2) is 4.98 Å². The van der Waals surface area contributed by atoms with E-state index in [0.29, 0.717) is 0 Å². The molecule has 0 unspecified atom stereocenters. The predicted molar refractivity (Wildman–Crippen MR) is 68.8 cm³/mol. The summed E-state index contributed by atoms with van der Waals surface area (Å²) in [5.41, 5.74) is 2.28. The number of hydrogen-bond acceptors (Lipinski definition) is 3. The Labute approximate surface area is 104 Å². The van der Waals surface area contributed by atoms with Crippen LogP contribution in [0.4, 0.5) is 0 Å². The summed E-state index contributed by atoms with van der Waals surface area (Å²) < 4.78 is 0. The molecule has 2 aromatic rings. The van der Waals surface area contributed by atoms with Crippen LogP contribution in [0, 0.1) is 6.92 Å². The fourth-order valence-electron chi connectivity index (χ4n) is 1.44. The molecule has 0 aliphatic heterocycles. The fraction of sp³-hybridized carbons (Fsp3) is 0.250. The third-order valence-electron chi connectivity index (χ3n) is 2.16. The summed E-state index contributed by atoms with van der Waals surface area (Å²) in [6, 6.07) is 7.88. The van der Waals surface area contributed by atoms with Crippen molar-refractivity contribution in [3.63, 3.8) is 0 Å². The molecule has 0 aliphatic rings. The van der Waals surface area contributed by atoms with Gasteiger partial charge in [-0.2, -0.15) is 0 Å². The molecule has 2 nitrogen and oxygen atoms in total. The Balaban J connectivity index is 1.84. The van der Waals surface area contributed by atoms with Gasteiger partial charge in [0.2, 0.25) is 0 Å². The minimum atomic E-state index is 0.782. The Morgan fingerprint density at radius 2 is 2.25 bits per heavy atom. The smallest absolute Gasteiger partial charge is 0.107 e. The van der Waals surface area contributed by atoms with Crippen molar-refractivity contribution in [3.05, 3.63) is 50.9 Å². The summed E-state index contributed by atoms with van der Waals surface area (Å²) in [5.74, 6) is 0. The highest BCUT2D eigenvalue weighted by atomic mass is 35.5. The van der Waals surface area contributed by atoms with Crippen LogP contribution in [0.1, 0.15) is 16.3 Å². The Hall–Kier alpha value is -0.900. The van der Waals surface area contributed by atoms with Gasteiger partial charge in [0.15, 0.2) is 0 Å². The molecule has 0 amide bonds. The maximum absolute atomic E-state index is 5.91. The molecule has 1 heterocycles. The summed E-state index contributed by atoms with van der Waals surface area (Å²) in [6.45, 7) is 3.64. The quantitative estimate of drug-likeness (QED) is 0.902. The van der Waals surface area contributed by atoms with Crippen molar-refractivity contribution in [1.82, 2.24) is 10.3 Å². The monoisotopic (exact) mass is 252 g/mol. The topological polar surface area (TPSA) is 24.9 Å². The second kappa shape index (κ2) is 5.43. The zero-order valence-corrected chi connectivity index (χ0v) is 10.6. The summed E-state index contributed by atoms with van der Waals surface area (Å²) in [5, 5.41) is 7.32. The van der Waals surface area contributed by atoms with Crippen LogP contribution in [0.5, 0.6) is 0 Å². The molecule has 0 spiro atoms. The highest BCUT2D eigenvalue weighted by molar-refractivity contribution is 7.09. The van der Waals surface area contributed by atoms with Gasteiger partial charge in [0.25, 0.3) is 0 Å². The maximum Gasteiger partial charge on any atom is 0.107 e. The zero-order valence-electron chi connectivity index (χ0n) is 9.03. The number of nitrogens with zero attached hydrogens (tertiary/aromatic N) is 1. The predicted octanol–water partition coefficient (Wildman–Crippen LogP) is 3.39. The largest absolute Gasteiger partial charge is 0.306 e. The Morgan fingerprint density at radius 3 is 2.94 bits per heavy atom. The Bertz CT molecular complexity index is 468. The van der Waals surface area contributed by atoms with Gasteiger partial charge in [-0.15, -0.1) is 11.3 Å². The van der Waals surface area contributed by atoms with E-state index in [4.69, 9.17) is 11.6 Å². The number of hydrogen-bond donors (Lipinski definition) is 1. The molecule has 0 radical (unpaired) electrons. The highest BCUT2D eigenvalue weighted by Gasteiger charge is 1.98. The van der Waals surface area contributed by atoms with E-state index >= 15 is 0 Å². The number of halogens is 1. The lowest BCUT2D eigenvalue weighted by Crippen LogP contribution is -2.12. The number of benzene rings is 1. The second-order valence-corrected chi connectivity index (χ2v) is 5.00. The van der Waals surface area contributed by atoms with Crippen LogP contribution in [0.25, 0.3) is 0 Å². The minimum Gasteiger partial charge on any atom is -0.306 e. The van der Waals surface area contributed by atoms with Crippen LogP contribution in [0.3, 0.4) is 0 Å². The molecular weight excluding hydrogens is 240 g/mol. The highest BCUT2D eigenvalue weighted by Crippen LogP contribution is 2.11. The summed E-state index contributed by atoms with van der Waals surface area (Å²) in [6.07, 6.45) is 0. The maximum atomic E-state index is 5.91. The molecular formula is C12H13ClN2S. The number of aryl methyl sites for hydroxylation is 1. The summed E-state index contributed by atoms with van der Waals surface area (Å²) in [4.78, 5) is 4.39. The standard InChI is InChI=1S/C12H13ClN2S/c1-9-8-16-12(15-9)7-14-6-10-3-2-4-11(13)5-10/h2-5,8,14H,6-7H2,1H3. The molecule has 1 N–H and O–H groups in total. The van der Waals surface area contributed by atoms with Crippen LogP contribution >= 0.6 is 22.9 Å². The third kappa shape index (κ3) is 3.30. The van der Waals surface area contributed by atoms with Gasteiger partial charge in [-0.25, -0.2) is 4.98 Å². The SMILES string of the molecule is Cc1csc(CNCc2cccc(Cl)c2)n1. The Morgan fingerprint density at radius 1 is 1.38 bits per heavy atom. The molecule has 2 rings (SSSR count). The van der Waals surface area contributed by atoms with Gasteiger partial charge in [0, 0.05) is 29.2 Å². The summed E-state index contributed by atoms with van der Waals surface area (Å²) in [7, 11) is 0. The van der Waals surface area contributed by atoms with E-state index in [1.54, 1.807) is 11.3 Å². The molecule has 0 aliphatic carbocycles. The lowest BCUT2D eigenvalue weighted by molar-refractivity contribution is 0.689. The van der Waals surface area contributed by atoms with Gasteiger partial charge >= 0.3 is 0 Å². The lowest BCUT2D eigenvalue weighted by Gasteiger charge is -2.03. The van der Waals surface area contributed by atoms with Crippen molar-refractivity contribution >= 4 is 22.9 Å². The van der Waals surface area contributed by atoms with Crippen LogP contribution in [0.15, 0.2) is 29.6 Å². The van der Waals surface area contributed by atoms with Gasteiger partial charge in [0.05, 0.1) is 0 Å².